The molecule has 2 heterocycles. The summed E-state index contributed by atoms with van der Waals surface area (Å²) >= 11 is 0. The van der Waals surface area contributed by atoms with Gasteiger partial charge in [0, 0.05) is 31.0 Å². The third kappa shape index (κ3) is 3.26. The largest absolute Gasteiger partial charge is 0.496 e. The van der Waals surface area contributed by atoms with Crippen molar-refractivity contribution < 1.29 is 14.3 Å². The summed E-state index contributed by atoms with van der Waals surface area (Å²) < 4.78 is 13.0. The van der Waals surface area contributed by atoms with Crippen LogP contribution in [-0.4, -0.2) is 35.4 Å². The van der Waals surface area contributed by atoms with E-state index in [9.17, 15) is 4.79 Å². The van der Waals surface area contributed by atoms with Gasteiger partial charge in [-0.3, -0.25) is 9.48 Å². The second-order valence-corrected chi connectivity index (χ2v) is 6.84. The van der Waals surface area contributed by atoms with Gasteiger partial charge in [-0.15, -0.1) is 0 Å². The van der Waals surface area contributed by atoms with Crippen molar-refractivity contribution in [3.05, 3.63) is 47.3 Å². The maximum atomic E-state index is 12.7. The van der Waals surface area contributed by atoms with E-state index in [1.807, 2.05) is 31.4 Å². The van der Waals surface area contributed by atoms with Crippen molar-refractivity contribution in [2.24, 2.45) is 7.05 Å². The highest BCUT2D eigenvalue weighted by atomic mass is 16.5. The van der Waals surface area contributed by atoms with E-state index in [-0.39, 0.29) is 18.1 Å². The molecule has 6 heteroatoms. The Bertz CT molecular complexity index is 782. The Hall–Kier alpha value is -2.34. The number of carbonyl (C=O) groups excluding carboxylic acids is 1. The van der Waals surface area contributed by atoms with Gasteiger partial charge in [-0.1, -0.05) is 0 Å². The number of ether oxygens (including phenoxy) is 2. The van der Waals surface area contributed by atoms with Gasteiger partial charge in [0.1, 0.15) is 11.9 Å². The van der Waals surface area contributed by atoms with E-state index in [1.54, 1.807) is 18.0 Å². The van der Waals surface area contributed by atoms with Gasteiger partial charge >= 0.3 is 0 Å². The molecule has 2 atom stereocenters. The average molecular weight is 341 g/mol. The molecule has 2 aliphatic rings. The van der Waals surface area contributed by atoms with Crippen molar-refractivity contribution in [2.75, 3.05) is 13.7 Å². The van der Waals surface area contributed by atoms with E-state index in [1.165, 1.54) is 12.8 Å². The van der Waals surface area contributed by atoms with Gasteiger partial charge in [0.15, 0.2) is 0 Å². The maximum Gasteiger partial charge on any atom is 0.251 e. The van der Waals surface area contributed by atoms with Crippen LogP contribution in [0.4, 0.5) is 0 Å². The van der Waals surface area contributed by atoms with Gasteiger partial charge in [0.25, 0.3) is 5.91 Å². The first-order valence-corrected chi connectivity index (χ1v) is 8.74. The first kappa shape index (κ1) is 16.1. The van der Waals surface area contributed by atoms with Crippen LogP contribution in [0.2, 0.25) is 0 Å². The van der Waals surface area contributed by atoms with Crippen molar-refractivity contribution >= 4 is 5.91 Å². The number of nitrogens with zero attached hydrogens (tertiary/aromatic N) is 2. The topological polar surface area (TPSA) is 65.4 Å². The summed E-state index contributed by atoms with van der Waals surface area (Å²) in [6, 6.07) is 5.66. The van der Waals surface area contributed by atoms with Gasteiger partial charge in [-0.2, -0.15) is 5.10 Å². The number of benzene rings is 1. The molecular formula is C19H23N3O3. The normalized spacial score (nSPS) is 22.8. The molecule has 2 aromatic rings. The first-order chi connectivity index (χ1) is 12.2. The molecule has 132 valence electrons. The van der Waals surface area contributed by atoms with Crippen molar-refractivity contribution in [1.82, 2.24) is 15.1 Å². The van der Waals surface area contributed by atoms with Crippen LogP contribution in [0.3, 0.4) is 0 Å². The highest BCUT2D eigenvalue weighted by Gasteiger charge is 2.33. The zero-order chi connectivity index (χ0) is 17.4. The second kappa shape index (κ2) is 6.52. The van der Waals surface area contributed by atoms with Gasteiger partial charge in [0.2, 0.25) is 0 Å². The molecule has 1 aliphatic heterocycles. The Balaban J connectivity index is 1.50. The Labute approximate surface area is 147 Å². The fourth-order valence-electron chi connectivity index (χ4n) is 3.49. The van der Waals surface area contributed by atoms with Gasteiger partial charge in [0.05, 0.1) is 19.3 Å². The van der Waals surface area contributed by atoms with E-state index >= 15 is 0 Å². The minimum atomic E-state index is -0.140. The van der Waals surface area contributed by atoms with Crippen LogP contribution in [-0.2, 0) is 11.8 Å². The molecule has 2 fully saturated rings. The number of carbonyl (C=O) groups is 1. The number of aromatic nitrogens is 2. The van der Waals surface area contributed by atoms with Gasteiger partial charge in [-0.05, 0) is 48.9 Å². The second-order valence-electron chi connectivity index (χ2n) is 6.84. The number of amides is 1. The Morgan fingerprint density at radius 3 is 2.88 bits per heavy atom. The fourth-order valence-corrected chi connectivity index (χ4v) is 3.49. The molecule has 1 aliphatic carbocycles. The van der Waals surface area contributed by atoms with Crippen molar-refractivity contribution in [1.29, 1.82) is 0 Å². The smallest absolute Gasteiger partial charge is 0.251 e. The highest BCUT2D eigenvalue weighted by Crippen LogP contribution is 2.44. The summed E-state index contributed by atoms with van der Waals surface area (Å²) in [4.78, 5) is 12.7. The Morgan fingerprint density at radius 2 is 2.20 bits per heavy atom. The van der Waals surface area contributed by atoms with Crippen LogP contribution < -0.4 is 10.1 Å². The lowest BCUT2D eigenvalue weighted by Gasteiger charge is -2.19. The van der Waals surface area contributed by atoms with Crippen molar-refractivity contribution in [3.63, 3.8) is 0 Å². The minimum Gasteiger partial charge on any atom is -0.496 e. The van der Waals surface area contributed by atoms with Crippen LogP contribution in [0.15, 0.2) is 30.6 Å². The molecule has 0 unspecified atom stereocenters. The quantitative estimate of drug-likeness (QED) is 0.908. The molecule has 1 saturated carbocycles. The van der Waals surface area contributed by atoms with Crippen LogP contribution >= 0.6 is 0 Å². The Kier molecular flexibility index (Phi) is 4.21. The molecule has 1 saturated heterocycles. The summed E-state index contributed by atoms with van der Waals surface area (Å²) in [6.45, 7) is 0.639. The van der Waals surface area contributed by atoms with Gasteiger partial charge < -0.3 is 14.8 Å². The number of hydrogen-bond donors (Lipinski definition) is 1. The molecule has 1 aromatic heterocycles. The molecular weight excluding hydrogens is 318 g/mol. The first-order valence-electron chi connectivity index (χ1n) is 8.74. The molecule has 1 N–H and O–H groups in total. The zero-order valence-electron chi connectivity index (χ0n) is 14.6. The van der Waals surface area contributed by atoms with Crippen LogP contribution in [0, 0.1) is 0 Å². The molecule has 6 nitrogen and oxygen atoms in total. The van der Waals surface area contributed by atoms with Crippen LogP contribution in [0.25, 0.3) is 0 Å². The van der Waals surface area contributed by atoms with E-state index < -0.39 is 0 Å². The number of aryl methyl sites for hydroxylation is 1. The lowest BCUT2D eigenvalue weighted by Crippen LogP contribution is -2.36. The summed E-state index contributed by atoms with van der Waals surface area (Å²) in [6.07, 6.45) is 6.74. The summed E-state index contributed by atoms with van der Waals surface area (Å²) in [7, 11) is 3.55. The van der Waals surface area contributed by atoms with Crippen molar-refractivity contribution in [3.8, 4) is 5.75 Å². The van der Waals surface area contributed by atoms with E-state index in [0.29, 0.717) is 18.1 Å². The SMILES string of the molecule is COc1ccc(C(=O)N[C@H]2CCO[C@@H]2c2cnn(C)c2)cc1C1CC1. The molecule has 4 rings (SSSR count). The zero-order valence-corrected chi connectivity index (χ0v) is 14.6. The molecule has 1 amide bonds. The molecule has 1 aromatic carbocycles. The molecule has 0 radical (unpaired) electrons. The summed E-state index contributed by atoms with van der Waals surface area (Å²) in [5.74, 6) is 1.34. The molecule has 25 heavy (non-hydrogen) atoms. The van der Waals surface area contributed by atoms with E-state index in [4.69, 9.17) is 9.47 Å². The average Bonchev–Trinajstić information content (AvgIpc) is 3.22. The monoisotopic (exact) mass is 341 g/mol. The predicted molar refractivity (Wildman–Crippen MR) is 92.7 cm³/mol. The fraction of sp³-hybridized carbons (Fsp3) is 0.474. The Morgan fingerprint density at radius 1 is 1.36 bits per heavy atom. The minimum absolute atomic E-state index is 0.0387. The van der Waals surface area contributed by atoms with Crippen LogP contribution in [0.5, 0.6) is 5.75 Å². The lowest BCUT2D eigenvalue weighted by atomic mass is 10.0. The summed E-state index contributed by atoms with van der Waals surface area (Å²) in [5.41, 5.74) is 2.82. The maximum absolute atomic E-state index is 12.7. The van der Waals surface area contributed by atoms with E-state index in [0.717, 1.165) is 23.3 Å². The third-order valence-corrected chi connectivity index (χ3v) is 4.97. The number of hydrogen-bond acceptors (Lipinski definition) is 4. The van der Waals surface area contributed by atoms with Crippen molar-refractivity contribution in [2.45, 2.75) is 37.3 Å². The number of rotatable bonds is 5. The standard InChI is InChI=1S/C19H23N3O3/c1-22-11-14(10-20-22)18-16(7-8-25-18)21-19(23)13-5-6-17(24-2)15(9-13)12-3-4-12/h5-6,9-12,16,18H,3-4,7-8H2,1-2H3,(H,21,23)/t16-,18+/m0/s1. The predicted octanol–water partition coefficient (Wildman–Crippen LogP) is 2.57. The highest BCUT2D eigenvalue weighted by molar-refractivity contribution is 5.95. The van der Waals surface area contributed by atoms with E-state index in [2.05, 4.69) is 10.4 Å². The number of nitrogens with one attached hydrogen (secondary N) is 1. The third-order valence-electron chi connectivity index (χ3n) is 4.97. The lowest BCUT2D eigenvalue weighted by molar-refractivity contribution is 0.0821. The molecule has 0 bridgehead atoms. The summed E-state index contributed by atoms with van der Waals surface area (Å²) in [5, 5.41) is 7.34. The van der Waals surface area contributed by atoms with Gasteiger partial charge in [-0.25, -0.2) is 0 Å². The number of methoxy groups -OCH3 is 1. The molecule has 0 spiro atoms. The van der Waals surface area contributed by atoms with Crippen LogP contribution in [0.1, 0.15) is 52.8 Å².